The number of likely N-dealkylation sites (tertiary alicyclic amines) is 1. The lowest BCUT2D eigenvalue weighted by molar-refractivity contribution is -0.387. The van der Waals surface area contributed by atoms with Crippen LogP contribution in [0.25, 0.3) is 0 Å². The van der Waals surface area contributed by atoms with Crippen LogP contribution in [0.2, 0.25) is 0 Å². The van der Waals surface area contributed by atoms with Gasteiger partial charge in [0.25, 0.3) is 5.91 Å². The Labute approximate surface area is 120 Å². The van der Waals surface area contributed by atoms with E-state index in [2.05, 4.69) is 0 Å². The second-order valence-electron chi connectivity index (χ2n) is 5.10. The summed E-state index contributed by atoms with van der Waals surface area (Å²) in [5.41, 5.74) is -1.58. The van der Waals surface area contributed by atoms with E-state index in [1.54, 1.807) is 0 Å². The second-order valence-corrected chi connectivity index (χ2v) is 5.10. The number of nitro groups is 1. The smallest absolute Gasteiger partial charge is 0.308 e. The van der Waals surface area contributed by atoms with E-state index in [-0.39, 0.29) is 0 Å². The second kappa shape index (κ2) is 6.60. The number of nitro benzene ring substituents is 1. The van der Waals surface area contributed by atoms with Gasteiger partial charge >= 0.3 is 5.69 Å². The van der Waals surface area contributed by atoms with Crippen LogP contribution in [0.1, 0.15) is 42.5 Å². The summed E-state index contributed by atoms with van der Waals surface area (Å²) in [6, 6.07) is 1.21. The van der Waals surface area contributed by atoms with Crippen molar-refractivity contribution in [1.82, 2.24) is 4.90 Å². The van der Waals surface area contributed by atoms with E-state index in [0.29, 0.717) is 19.2 Å². The van der Waals surface area contributed by atoms with Crippen molar-refractivity contribution in [2.45, 2.75) is 32.1 Å². The summed E-state index contributed by atoms with van der Waals surface area (Å²) < 4.78 is 27.4. The molecule has 0 radical (unpaired) electrons. The summed E-state index contributed by atoms with van der Waals surface area (Å²) in [7, 11) is 0. The molecule has 0 saturated carbocycles. The van der Waals surface area contributed by atoms with Gasteiger partial charge < -0.3 is 4.90 Å². The first-order valence-electron chi connectivity index (χ1n) is 6.93. The van der Waals surface area contributed by atoms with E-state index < -0.39 is 33.7 Å². The van der Waals surface area contributed by atoms with Gasteiger partial charge in [-0.05, 0) is 18.9 Å². The number of halogens is 2. The normalized spacial score (nSPS) is 16.2. The summed E-state index contributed by atoms with van der Waals surface area (Å²) >= 11 is 0. The van der Waals surface area contributed by atoms with Gasteiger partial charge in [-0.1, -0.05) is 19.3 Å². The third-order valence-corrected chi connectivity index (χ3v) is 3.59. The van der Waals surface area contributed by atoms with Crippen molar-refractivity contribution in [2.75, 3.05) is 13.1 Å². The Morgan fingerprint density at radius 2 is 1.67 bits per heavy atom. The molecule has 0 bridgehead atoms. The number of carbonyl (C=O) groups excluding carboxylic acids is 1. The first-order chi connectivity index (χ1) is 10.0. The van der Waals surface area contributed by atoms with Gasteiger partial charge in [0.15, 0.2) is 0 Å². The molecule has 114 valence electrons. The number of carbonyl (C=O) groups is 1. The monoisotopic (exact) mass is 298 g/mol. The van der Waals surface area contributed by atoms with Crippen LogP contribution in [0.4, 0.5) is 14.5 Å². The Hall–Kier alpha value is -2.05. The molecule has 0 N–H and O–H groups in total. The van der Waals surface area contributed by atoms with E-state index in [1.165, 1.54) is 4.90 Å². The minimum atomic E-state index is -1.27. The molecule has 0 spiro atoms. The molecule has 1 amide bonds. The molecule has 5 nitrogen and oxygen atoms in total. The molecule has 0 aromatic heterocycles. The predicted molar refractivity (Wildman–Crippen MR) is 72.0 cm³/mol. The van der Waals surface area contributed by atoms with E-state index in [0.717, 1.165) is 38.2 Å². The zero-order valence-electron chi connectivity index (χ0n) is 11.5. The highest BCUT2D eigenvalue weighted by atomic mass is 19.1. The highest BCUT2D eigenvalue weighted by Gasteiger charge is 2.27. The third kappa shape index (κ3) is 3.53. The van der Waals surface area contributed by atoms with Gasteiger partial charge in [-0.25, -0.2) is 4.39 Å². The topological polar surface area (TPSA) is 63.4 Å². The van der Waals surface area contributed by atoms with Crippen molar-refractivity contribution in [3.63, 3.8) is 0 Å². The van der Waals surface area contributed by atoms with Gasteiger partial charge in [-0.15, -0.1) is 0 Å². The van der Waals surface area contributed by atoms with Crippen molar-refractivity contribution >= 4 is 11.6 Å². The minimum Gasteiger partial charge on any atom is -0.339 e. The summed E-state index contributed by atoms with van der Waals surface area (Å²) in [6.45, 7) is 0.922. The number of benzene rings is 1. The maximum atomic E-state index is 14.0. The highest BCUT2D eigenvalue weighted by Crippen LogP contribution is 2.24. The number of amides is 1. The molecule has 1 aliphatic rings. The first-order valence-corrected chi connectivity index (χ1v) is 6.93. The fourth-order valence-electron chi connectivity index (χ4n) is 2.48. The van der Waals surface area contributed by atoms with Crippen LogP contribution in [-0.4, -0.2) is 28.8 Å². The average molecular weight is 298 g/mol. The molecule has 0 atom stereocenters. The summed E-state index contributed by atoms with van der Waals surface area (Å²) in [6.07, 6.45) is 4.66. The zero-order valence-corrected chi connectivity index (χ0v) is 11.5. The van der Waals surface area contributed by atoms with Crippen LogP contribution in [0.15, 0.2) is 12.1 Å². The molecule has 2 rings (SSSR count). The summed E-state index contributed by atoms with van der Waals surface area (Å²) in [5.74, 6) is -2.94. The minimum absolute atomic E-state index is 0.461. The van der Waals surface area contributed by atoms with E-state index in [4.69, 9.17) is 0 Å². The zero-order chi connectivity index (χ0) is 15.4. The molecule has 7 heteroatoms. The van der Waals surface area contributed by atoms with Gasteiger partial charge in [0.05, 0.1) is 16.6 Å². The lowest BCUT2D eigenvalue weighted by Gasteiger charge is -2.25. The number of rotatable bonds is 2. The Bertz CT molecular complexity index is 555. The number of hydrogen-bond acceptors (Lipinski definition) is 3. The van der Waals surface area contributed by atoms with E-state index >= 15 is 0 Å². The van der Waals surface area contributed by atoms with Crippen LogP contribution in [-0.2, 0) is 0 Å². The molecule has 1 saturated heterocycles. The Balaban J connectivity index is 2.31. The quantitative estimate of drug-likeness (QED) is 0.621. The van der Waals surface area contributed by atoms with Crippen LogP contribution in [0.3, 0.4) is 0 Å². The van der Waals surface area contributed by atoms with Crippen molar-refractivity contribution in [3.8, 4) is 0 Å². The fourth-order valence-corrected chi connectivity index (χ4v) is 2.48. The lowest BCUT2D eigenvalue weighted by Crippen LogP contribution is -2.34. The number of nitrogens with zero attached hydrogens (tertiary/aromatic N) is 2. The molecule has 1 heterocycles. The molecular formula is C14H16F2N2O3. The predicted octanol–water partition coefficient (Wildman–Crippen LogP) is 3.28. The van der Waals surface area contributed by atoms with Gasteiger partial charge in [0, 0.05) is 13.1 Å². The molecule has 1 aromatic rings. The van der Waals surface area contributed by atoms with Gasteiger partial charge in [-0.2, -0.15) is 4.39 Å². The van der Waals surface area contributed by atoms with Crippen LogP contribution < -0.4 is 0 Å². The standard InChI is InChI=1S/C14H16F2N2O3/c15-10-8-11(13(16)12(9-10)18(20)21)14(19)17-6-4-2-1-3-5-7-17/h8-9H,1-7H2. The molecule has 0 unspecified atom stereocenters. The highest BCUT2D eigenvalue weighted by molar-refractivity contribution is 5.95. The summed E-state index contributed by atoms with van der Waals surface area (Å²) in [5, 5.41) is 10.7. The van der Waals surface area contributed by atoms with Gasteiger partial charge in [0.2, 0.25) is 5.82 Å². The summed E-state index contributed by atoms with van der Waals surface area (Å²) in [4.78, 5) is 23.4. The molecule has 21 heavy (non-hydrogen) atoms. The van der Waals surface area contributed by atoms with Crippen LogP contribution >= 0.6 is 0 Å². The Morgan fingerprint density at radius 3 is 2.24 bits per heavy atom. The fraction of sp³-hybridized carbons (Fsp3) is 0.500. The van der Waals surface area contributed by atoms with Crippen molar-refractivity contribution < 1.29 is 18.5 Å². The third-order valence-electron chi connectivity index (χ3n) is 3.59. The van der Waals surface area contributed by atoms with Crippen LogP contribution in [0.5, 0.6) is 0 Å². The largest absolute Gasteiger partial charge is 0.339 e. The van der Waals surface area contributed by atoms with Crippen molar-refractivity contribution in [2.24, 2.45) is 0 Å². The Kier molecular flexibility index (Phi) is 4.82. The molecule has 1 aromatic carbocycles. The lowest BCUT2D eigenvalue weighted by atomic mass is 10.1. The van der Waals surface area contributed by atoms with E-state index in [1.807, 2.05) is 0 Å². The average Bonchev–Trinajstić information content (AvgIpc) is 2.39. The molecule has 0 aliphatic carbocycles. The SMILES string of the molecule is O=C(c1cc(F)cc([N+](=O)[O-])c1F)N1CCCCCCC1. The van der Waals surface area contributed by atoms with Gasteiger partial charge in [0.1, 0.15) is 5.82 Å². The molecule has 1 aliphatic heterocycles. The first kappa shape index (κ1) is 15.3. The molecular weight excluding hydrogens is 282 g/mol. The van der Waals surface area contributed by atoms with Crippen molar-refractivity contribution in [1.29, 1.82) is 0 Å². The van der Waals surface area contributed by atoms with E-state index in [9.17, 15) is 23.7 Å². The molecule has 1 fully saturated rings. The maximum Gasteiger partial charge on any atom is 0.308 e. The van der Waals surface area contributed by atoms with Crippen molar-refractivity contribution in [3.05, 3.63) is 39.4 Å². The Morgan fingerprint density at radius 1 is 1.10 bits per heavy atom. The number of hydrogen-bond donors (Lipinski definition) is 0. The maximum absolute atomic E-state index is 14.0. The van der Waals surface area contributed by atoms with Crippen LogP contribution in [0, 0.1) is 21.7 Å². The van der Waals surface area contributed by atoms with Gasteiger partial charge in [-0.3, -0.25) is 14.9 Å².